The van der Waals surface area contributed by atoms with Gasteiger partial charge in [0.2, 0.25) is 5.82 Å². The number of hydrogen-bond donors (Lipinski definition) is 0. The molecule has 6 heteroatoms. The van der Waals surface area contributed by atoms with E-state index in [1.165, 1.54) is 0 Å². The topological polar surface area (TPSA) is 23.8 Å². The second kappa shape index (κ2) is 6.91. The fraction of sp³-hybridized carbons (Fsp3) is 0.438. The Bertz CT molecular complexity index is 610. The lowest BCUT2D eigenvalue weighted by Gasteiger charge is -2.18. The van der Waals surface area contributed by atoms with Crippen LogP contribution >= 0.6 is 0 Å². The van der Waals surface area contributed by atoms with E-state index >= 15 is 0 Å². The fourth-order valence-corrected chi connectivity index (χ4v) is 2.72. The zero-order valence-corrected chi connectivity index (χ0v) is 11.7. The van der Waals surface area contributed by atoms with Crippen LogP contribution in [0.4, 0.5) is 22.0 Å². The first-order valence-corrected chi connectivity index (χ1v) is 7.06. The monoisotopic (exact) mass is 315 g/mol. The van der Waals surface area contributed by atoms with Gasteiger partial charge in [-0.15, -0.1) is 0 Å². The van der Waals surface area contributed by atoms with Crippen molar-refractivity contribution in [3.8, 4) is 6.07 Å². The van der Waals surface area contributed by atoms with Crippen molar-refractivity contribution in [3.05, 3.63) is 46.3 Å². The lowest BCUT2D eigenvalue weighted by atomic mass is 9.87. The van der Waals surface area contributed by atoms with E-state index in [4.69, 9.17) is 5.26 Å². The largest absolute Gasteiger partial charge is 0.203 e. The summed E-state index contributed by atoms with van der Waals surface area (Å²) in [5, 5.41) is 9.07. The van der Waals surface area contributed by atoms with Crippen LogP contribution in [0.2, 0.25) is 0 Å². The van der Waals surface area contributed by atoms with Crippen LogP contribution < -0.4 is 0 Å². The van der Waals surface area contributed by atoms with Gasteiger partial charge in [0.15, 0.2) is 23.3 Å². The van der Waals surface area contributed by atoms with Crippen molar-refractivity contribution >= 4 is 0 Å². The zero-order valence-electron chi connectivity index (χ0n) is 11.7. The molecule has 0 saturated heterocycles. The molecule has 22 heavy (non-hydrogen) atoms. The second-order valence-corrected chi connectivity index (χ2v) is 5.43. The Kier molecular flexibility index (Phi) is 5.17. The van der Waals surface area contributed by atoms with Crippen LogP contribution in [0.5, 0.6) is 0 Å². The molecule has 0 N–H and O–H groups in total. The van der Waals surface area contributed by atoms with Crippen LogP contribution in [0.1, 0.15) is 37.7 Å². The van der Waals surface area contributed by atoms with Gasteiger partial charge in [-0.3, -0.25) is 0 Å². The predicted octanol–water partition coefficient (Wildman–Crippen LogP) is 4.95. The minimum absolute atomic E-state index is 0.0232. The molecule has 1 saturated carbocycles. The molecule has 0 aromatic heterocycles. The number of rotatable bonds is 3. The van der Waals surface area contributed by atoms with Gasteiger partial charge in [-0.05, 0) is 18.8 Å². The summed E-state index contributed by atoms with van der Waals surface area (Å²) in [6, 6.07) is 1.79. The molecule has 0 bridgehead atoms. The van der Waals surface area contributed by atoms with Crippen molar-refractivity contribution in [3.63, 3.8) is 0 Å². The molecule has 0 atom stereocenters. The van der Waals surface area contributed by atoms with E-state index in [9.17, 15) is 22.0 Å². The summed E-state index contributed by atoms with van der Waals surface area (Å²) in [7, 11) is 0. The lowest BCUT2D eigenvalue weighted by molar-refractivity contribution is 0.371. The minimum atomic E-state index is -2.19. The summed E-state index contributed by atoms with van der Waals surface area (Å²) in [6.45, 7) is 0. The Labute approximate surface area is 125 Å². The van der Waals surface area contributed by atoms with E-state index in [2.05, 4.69) is 0 Å². The molecule has 0 aliphatic heterocycles. The van der Waals surface area contributed by atoms with Gasteiger partial charge in [-0.25, -0.2) is 22.0 Å². The number of halogens is 5. The third kappa shape index (κ3) is 3.29. The van der Waals surface area contributed by atoms with Crippen LogP contribution in [0, 0.1) is 46.3 Å². The third-order valence-electron chi connectivity index (χ3n) is 3.90. The summed E-state index contributed by atoms with van der Waals surface area (Å²) in [4.78, 5) is 0. The summed E-state index contributed by atoms with van der Waals surface area (Å²) in [5.41, 5.74) is -0.935. The summed E-state index contributed by atoms with van der Waals surface area (Å²) in [6.07, 6.45) is 5.83. The van der Waals surface area contributed by atoms with Crippen LogP contribution in [-0.4, -0.2) is 0 Å². The summed E-state index contributed by atoms with van der Waals surface area (Å²) < 4.78 is 66.5. The molecule has 0 spiro atoms. The maximum absolute atomic E-state index is 13.6. The molecular weight excluding hydrogens is 301 g/mol. The van der Waals surface area contributed by atoms with Gasteiger partial charge in [0.1, 0.15) is 0 Å². The van der Waals surface area contributed by atoms with Gasteiger partial charge in [0.05, 0.1) is 6.07 Å². The molecule has 1 fully saturated rings. The maximum atomic E-state index is 13.6. The van der Waals surface area contributed by atoms with E-state index in [1.807, 2.05) is 0 Å². The lowest BCUT2D eigenvalue weighted by Crippen LogP contribution is -2.09. The van der Waals surface area contributed by atoms with Gasteiger partial charge in [-0.2, -0.15) is 5.26 Å². The first kappa shape index (κ1) is 16.5. The highest BCUT2D eigenvalue weighted by atomic mass is 19.2. The Morgan fingerprint density at radius 2 is 1.41 bits per heavy atom. The van der Waals surface area contributed by atoms with Gasteiger partial charge in [0, 0.05) is 17.6 Å². The quantitative estimate of drug-likeness (QED) is 0.335. The van der Waals surface area contributed by atoms with Crippen molar-refractivity contribution < 1.29 is 22.0 Å². The molecule has 1 aliphatic carbocycles. The number of nitriles is 1. The van der Waals surface area contributed by atoms with Crippen molar-refractivity contribution in [1.29, 1.82) is 5.26 Å². The van der Waals surface area contributed by atoms with Crippen LogP contribution in [-0.2, 0) is 6.42 Å². The van der Waals surface area contributed by atoms with Crippen LogP contribution in [0.15, 0.2) is 11.6 Å². The van der Waals surface area contributed by atoms with E-state index in [1.54, 1.807) is 12.1 Å². The Balaban J connectivity index is 2.32. The van der Waals surface area contributed by atoms with Crippen LogP contribution in [0.25, 0.3) is 0 Å². The molecule has 1 aromatic rings. The highest BCUT2D eigenvalue weighted by molar-refractivity contribution is 5.33. The number of nitrogens with zero attached hydrogens (tertiary/aromatic N) is 1. The third-order valence-corrected chi connectivity index (χ3v) is 3.90. The predicted molar refractivity (Wildman–Crippen MR) is 70.2 cm³/mol. The highest BCUT2D eigenvalue weighted by Gasteiger charge is 2.26. The molecule has 1 aliphatic rings. The normalized spacial score (nSPS) is 16.6. The van der Waals surface area contributed by atoms with Gasteiger partial charge >= 0.3 is 0 Å². The van der Waals surface area contributed by atoms with Crippen molar-refractivity contribution in [2.24, 2.45) is 5.92 Å². The highest BCUT2D eigenvalue weighted by Crippen LogP contribution is 2.28. The first-order chi connectivity index (χ1) is 10.5. The number of allylic oxidation sites excluding steroid dienone is 2. The second-order valence-electron chi connectivity index (χ2n) is 5.43. The Morgan fingerprint density at radius 1 is 0.909 bits per heavy atom. The first-order valence-electron chi connectivity index (χ1n) is 7.06. The van der Waals surface area contributed by atoms with E-state index < -0.39 is 41.1 Å². The molecule has 0 radical (unpaired) electrons. The van der Waals surface area contributed by atoms with Crippen molar-refractivity contribution in [1.82, 2.24) is 0 Å². The Morgan fingerprint density at radius 3 is 1.91 bits per heavy atom. The van der Waals surface area contributed by atoms with Gasteiger partial charge in [-0.1, -0.05) is 25.3 Å². The van der Waals surface area contributed by atoms with Crippen molar-refractivity contribution in [2.75, 3.05) is 0 Å². The number of hydrogen-bond acceptors (Lipinski definition) is 1. The fourth-order valence-electron chi connectivity index (χ4n) is 2.72. The summed E-state index contributed by atoms with van der Waals surface area (Å²) in [5.74, 6) is -9.78. The smallest absolute Gasteiger partial charge is 0.200 e. The van der Waals surface area contributed by atoms with Crippen molar-refractivity contribution in [2.45, 2.75) is 38.5 Å². The number of benzene rings is 1. The summed E-state index contributed by atoms with van der Waals surface area (Å²) >= 11 is 0. The molecular formula is C16H14F5N. The zero-order chi connectivity index (χ0) is 16.3. The maximum Gasteiger partial charge on any atom is 0.200 e. The molecule has 118 valence electrons. The molecule has 0 heterocycles. The average molecular weight is 315 g/mol. The molecule has 0 amide bonds. The standard InChI is InChI=1S/C16H14F5N/c17-12-11(13(18)15(20)16(21)14(12)19)7-10(8-22)6-9-4-2-1-3-5-9/h6,9H,1-5,7H2/b10-6-. The molecule has 1 nitrogen and oxygen atoms in total. The SMILES string of the molecule is N#C/C(=C\C1CCCCC1)Cc1c(F)c(F)c(F)c(F)c1F. The Hall–Kier alpha value is -1.90. The molecule has 0 unspecified atom stereocenters. The van der Waals surface area contributed by atoms with E-state index in [-0.39, 0.29) is 11.5 Å². The minimum Gasteiger partial charge on any atom is -0.203 e. The molecule has 1 aromatic carbocycles. The average Bonchev–Trinajstić information content (AvgIpc) is 2.55. The van der Waals surface area contributed by atoms with E-state index in [0.29, 0.717) is 0 Å². The van der Waals surface area contributed by atoms with E-state index in [0.717, 1.165) is 32.1 Å². The van der Waals surface area contributed by atoms with Gasteiger partial charge in [0.25, 0.3) is 0 Å². The van der Waals surface area contributed by atoms with Gasteiger partial charge < -0.3 is 0 Å². The molecule has 2 rings (SSSR count). The van der Waals surface area contributed by atoms with Crippen LogP contribution in [0.3, 0.4) is 0 Å².